The van der Waals surface area contributed by atoms with Gasteiger partial charge in [0.05, 0.1) is 24.5 Å². The highest BCUT2D eigenvalue weighted by molar-refractivity contribution is 6.01. The molecule has 3 rings (SSSR count). The van der Waals surface area contributed by atoms with Crippen LogP contribution in [0.25, 0.3) is 6.08 Å². The van der Waals surface area contributed by atoms with Crippen LogP contribution in [0.5, 0.6) is 0 Å². The Labute approximate surface area is 123 Å². The van der Waals surface area contributed by atoms with Crippen molar-refractivity contribution < 1.29 is 9.53 Å². The van der Waals surface area contributed by atoms with Crippen LogP contribution in [-0.2, 0) is 9.53 Å². The first-order valence-electron chi connectivity index (χ1n) is 6.97. The van der Waals surface area contributed by atoms with Crippen LogP contribution in [0.4, 0.5) is 5.69 Å². The second kappa shape index (κ2) is 6.37. The van der Waals surface area contributed by atoms with Gasteiger partial charge in [-0.05, 0) is 18.1 Å². The molecule has 0 spiro atoms. The maximum Gasteiger partial charge on any atom is 0.248 e. The van der Waals surface area contributed by atoms with Gasteiger partial charge in [0.1, 0.15) is 0 Å². The monoisotopic (exact) mass is 283 g/mol. The SMILES string of the molecule is O=C(C=Cc1ccccc1)Nc1cnn(C2CCOC2)c1. The summed E-state index contributed by atoms with van der Waals surface area (Å²) in [5, 5.41) is 7.07. The number of rotatable bonds is 4. The Balaban J connectivity index is 1.58. The number of carbonyl (C=O) groups excluding carboxylic acids is 1. The molecule has 21 heavy (non-hydrogen) atoms. The Bertz CT molecular complexity index is 628. The normalized spacial score (nSPS) is 18.2. The fraction of sp³-hybridized carbons (Fsp3) is 0.250. The highest BCUT2D eigenvalue weighted by Gasteiger charge is 2.18. The van der Waals surface area contributed by atoms with Crippen molar-refractivity contribution in [2.75, 3.05) is 18.5 Å². The van der Waals surface area contributed by atoms with Gasteiger partial charge in [-0.2, -0.15) is 5.10 Å². The van der Waals surface area contributed by atoms with Gasteiger partial charge in [-0.1, -0.05) is 30.3 Å². The number of anilines is 1. The Hall–Kier alpha value is -2.40. The zero-order valence-corrected chi connectivity index (χ0v) is 11.6. The zero-order valence-electron chi connectivity index (χ0n) is 11.6. The van der Waals surface area contributed by atoms with Crippen molar-refractivity contribution >= 4 is 17.7 Å². The smallest absolute Gasteiger partial charge is 0.248 e. The van der Waals surface area contributed by atoms with Gasteiger partial charge in [-0.3, -0.25) is 9.48 Å². The Morgan fingerprint density at radius 2 is 2.24 bits per heavy atom. The minimum Gasteiger partial charge on any atom is -0.379 e. The second-order valence-corrected chi connectivity index (χ2v) is 4.96. The Morgan fingerprint density at radius 1 is 1.38 bits per heavy atom. The summed E-state index contributed by atoms with van der Waals surface area (Å²) in [5.74, 6) is -0.166. The van der Waals surface area contributed by atoms with Crippen LogP contribution in [-0.4, -0.2) is 28.9 Å². The number of ether oxygens (including phenoxy) is 1. The number of benzene rings is 1. The van der Waals surface area contributed by atoms with Gasteiger partial charge >= 0.3 is 0 Å². The van der Waals surface area contributed by atoms with Crippen molar-refractivity contribution in [3.05, 3.63) is 54.4 Å². The van der Waals surface area contributed by atoms with E-state index in [0.29, 0.717) is 12.3 Å². The van der Waals surface area contributed by atoms with E-state index in [1.165, 1.54) is 6.08 Å². The highest BCUT2D eigenvalue weighted by atomic mass is 16.5. The van der Waals surface area contributed by atoms with Crippen LogP contribution in [0.1, 0.15) is 18.0 Å². The van der Waals surface area contributed by atoms with Crippen LogP contribution in [0, 0.1) is 0 Å². The fourth-order valence-corrected chi connectivity index (χ4v) is 2.25. The first kappa shape index (κ1) is 13.6. The minimum atomic E-state index is -0.166. The highest BCUT2D eigenvalue weighted by Crippen LogP contribution is 2.19. The molecule has 1 fully saturated rings. The molecule has 2 heterocycles. The number of amides is 1. The van der Waals surface area contributed by atoms with Crippen molar-refractivity contribution in [3.63, 3.8) is 0 Å². The molecule has 1 saturated heterocycles. The molecular formula is C16H17N3O2. The third kappa shape index (κ3) is 3.58. The molecule has 1 unspecified atom stereocenters. The van der Waals surface area contributed by atoms with E-state index in [9.17, 15) is 4.79 Å². The first-order valence-corrected chi connectivity index (χ1v) is 6.97. The summed E-state index contributed by atoms with van der Waals surface area (Å²) in [7, 11) is 0. The van der Waals surface area contributed by atoms with E-state index in [-0.39, 0.29) is 11.9 Å². The van der Waals surface area contributed by atoms with E-state index >= 15 is 0 Å². The minimum absolute atomic E-state index is 0.166. The lowest BCUT2D eigenvalue weighted by Gasteiger charge is -2.06. The predicted molar refractivity (Wildman–Crippen MR) is 80.8 cm³/mol. The Kier molecular flexibility index (Phi) is 4.12. The first-order chi connectivity index (χ1) is 10.3. The van der Waals surface area contributed by atoms with Crippen molar-refractivity contribution in [1.29, 1.82) is 0 Å². The third-order valence-corrected chi connectivity index (χ3v) is 3.38. The molecule has 1 aliphatic rings. The summed E-state index contributed by atoms with van der Waals surface area (Å²) < 4.78 is 7.18. The van der Waals surface area contributed by atoms with E-state index in [4.69, 9.17) is 4.74 Å². The maximum absolute atomic E-state index is 11.9. The lowest BCUT2D eigenvalue weighted by molar-refractivity contribution is -0.111. The van der Waals surface area contributed by atoms with Gasteiger partial charge in [0.15, 0.2) is 0 Å². The van der Waals surface area contributed by atoms with Gasteiger partial charge in [0, 0.05) is 18.9 Å². The van der Waals surface area contributed by atoms with E-state index < -0.39 is 0 Å². The predicted octanol–water partition coefficient (Wildman–Crippen LogP) is 2.50. The van der Waals surface area contributed by atoms with Crippen LogP contribution >= 0.6 is 0 Å². The molecule has 108 valence electrons. The molecule has 1 amide bonds. The standard InChI is InChI=1S/C16H17N3O2/c20-16(7-6-13-4-2-1-3-5-13)18-14-10-17-19(11-14)15-8-9-21-12-15/h1-7,10-11,15H,8-9,12H2,(H,18,20). The largest absolute Gasteiger partial charge is 0.379 e. The van der Waals surface area contributed by atoms with Gasteiger partial charge in [0.2, 0.25) is 5.91 Å². The molecule has 1 aliphatic heterocycles. The molecule has 1 aromatic heterocycles. The lowest BCUT2D eigenvalue weighted by Crippen LogP contribution is -2.09. The van der Waals surface area contributed by atoms with Crippen molar-refractivity contribution in [3.8, 4) is 0 Å². The molecular weight excluding hydrogens is 266 g/mol. The van der Waals surface area contributed by atoms with E-state index in [0.717, 1.165) is 18.6 Å². The summed E-state index contributed by atoms with van der Waals surface area (Å²) in [6, 6.07) is 9.98. The van der Waals surface area contributed by atoms with E-state index in [1.807, 2.05) is 41.2 Å². The van der Waals surface area contributed by atoms with Crippen molar-refractivity contribution in [1.82, 2.24) is 9.78 Å². The molecule has 1 atom stereocenters. The second-order valence-electron chi connectivity index (χ2n) is 4.96. The third-order valence-electron chi connectivity index (χ3n) is 3.38. The van der Waals surface area contributed by atoms with Crippen LogP contribution in [0.3, 0.4) is 0 Å². The van der Waals surface area contributed by atoms with Crippen molar-refractivity contribution in [2.24, 2.45) is 0 Å². The van der Waals surface area contributed by atoms with Crippen LogP contribution in [0.2, 0.25) is 0 Å². The fourth-order valence-electron chi connectivity index (χ4n) is 2.25. The molecule has 1 aromatic carbocycles. The Morgan fingerprint density at radius 3 is 3.00 bits per heavy atom. The molecule has 5 heteroatoms. The number of nitrogens with zero attached hydrogens (tertiary/aromatic N) is 2. The molecule has 0 aliphatic carbocycles. The van der Waals surface area contributed by atoms with Gasteiger partial charge in [-0.15, -0.1) is 0 Å². The quantitative estimate of drug-likeness (QED) is 0.877. The number of aromatic nitrogens is 2. The lowest BCUT2D eigenvalue weighted by atomic mass is 10.2. The van der Waals surface area contributed by atoms with Crippen LogP contribution < -0.4 is 5.32 Å². The molecule has 2 aromatic rings. The summed E-state index contributed by atoms with van der Waals surface area (Å²) in [5.41, 5.74) is 1.69. The number of nitrogens with one attached hydrogen (secondary N) is 1. The van der Waals surface area contributed by atoms with Crippen molar-refractivity contribution in [2.45, 2.75) is 12.5 Å². The van der Waals surface area contributed by atoms with E-state index in [2.05, 4.69) is 10.4 Å². The number of carbonyl (C=O) groups is 1. The average Bonchev–Trinajstić information content (AvgIpc) is 3.17. The molecule has 5 nitrogen and oxygen atoms in total. The summed E-state index contributed by atoms with van der Waals surface area (Å²) in [6.07, 6.45) is 7.76. The summed E-state index contributed by atoms with van der Waals surface area (Å²) in [4.78, 5) is 11.9. The molecule has 0 bridgehead atoms. The number of hydrogen-bond acceptors (Lipinski definition) is 3. The van der Waals surface area contributed by atoms with Gasteiger partial charge in [-0.25, -0.2) is 0 Å². The molecule has 0 saturated carbocycles. The summed E-state index contributed by atoms with van der Waals surface area (Å²) >= 11 is 0. The molecule has 0 radical (unpaired) electrons. The summed E-state index contributed by atoms with van der Waals surface area (Å²) in [6.45, 7) is 1.45. The molecule has 1 N–H and O–H groups in total. The zero-order chi connectivity index (χ0) is 14.5. The maximum atomic E-state index is 11.9. The van der Waals surface area contributed by atoms with Gasteiger partial charge < -0.3 is 10.1 Å². The van der Waals surface area contributed by atoms with E-state index in [1.54, 1.807) is 12.3 Å². The average molecular weight is 283 g/mol. The number of hydrogen-bond donors (Lipinski definition) is 1. The van der Waals surface area contributed by atoms with Crippen LogP contribution in [0.15, 0.2) is 48.8 Å². The topological polar surface area (TPSA) is 56.2 Å². The van der Waals surface area contributed by atoms with Gasteiger partial charge in [0.25, 0.3) is 0 Å².